The molecule has 1 aromatic heterocycles. The Labute approximate surface area is 117 Å². The van der Waals surface area contributed by atoms with Gasteiger partial charge in [0.15, 0.2) is 0 Å². The molecule has 1 unspecified atom stereocenters. The lowest BCUT2D eigenvalue weighted by molar-refractivity contribution is 0.0896. The number of hydrogen-bond donors (Lipinski definition) is 2. The quantitative estimate of drug-likeness (QED) is 0.871. The third kappa shape index (κ3) is 2.88. The number of fused-ring (bicyclic) bond motifs is 1. The van der Waals surface area contributed by atoms with Crippen LogP contribution >= 0.6 is 0 Å². The SMILES string of the molecule is CCC(COC)NC(=O)c1c[nH]c(=O)c2ccccc12. The first kappa shape index (κ1) is 14.3. The number of methoxy groups -OCH3 is 1. The number of rotatable bonds is 5. The van der Waals surface area contributed by atoms with Crippen LogP contribution in [-0.2, 0) is 4.74 Å². The molecule has 0 saturated heterocycles. The highest BCUT2D eigenvalue weighted by Crippen LogP contribution is 2.14. The molecule has 0 saturated carbocycles. The van der Waals surface area contributed by atoms with E-state index in [1.54, 1.807) is 25.3 Å². The number of aromatic amines is 1. The van der Waals surface area contributed by atoms with Crippen molar-refractivity contribution < 1.29 is 9.53 Å². The van der Waals surface area contributed by atoms with Crippen molar-refractivity contribution >= 4 is 16.7 Å². The van der Waals surface area contributed by atoms with Gasteiger partial charge < -0.3 is 15.0 Å². The van der Waals surface area contributed by atoms with Crippen LogP contribution in [0, 0.1) is 0 Å². The topological polar surface area (TPSA) is 71.2 Å². The zero-order valence-corrected chi connectivity index (χ0v) is 11.6. The zero-order valence-electron chi connectivity index (χ0n) is 11.6. The first-order valence-electron chi connectivity index (χ1n) is 6.57. The number of benzene rings is 1. The average Bonchev–Trinajstić information content (AvgIpc) is 2.47. The minimum absolute atomic E-state index is 0.0433. The molecule has 0 spiro atoms. The van der Waals surface area contributed by atoms with Gasteiger partial charge >= 0.3 is 0 Å². The number of nitrogens with one attached hydrogen (secondary N) is 2. The fourth-order valence-electron chi connectivity index (χ4n) is 2.12. The molecule has 0 aliphatic carbocycles. The van der Waals surface area contributed by atoms with Crippen molar-refractivity contribution in [3.05, 3.63) is 46.4 Å². The van der Waals surface area contributed by atoms with Crippen LogP contribution in [0.3, 0.4) is 0 Å². The Kier molecular flexibility index (Phi) is 4.53. The van der Waals surface area contributed by atoms with E-state index in [4.69, 9.17) is 4.74 Å². The van der Waals surface area contributed by atoms with Crippen molar-refractivity contribution in [2.45, 2.75) is 19.4 Å². The molecule has 1 aromatic carbocycles. The van der Waals surface area contributed by atoms with Crippen LogP contribution in [-0.4, -0.2) is 30.6 Å². The van der Waals surface area contributed by atoms with Crippen LogP contribution in [0.15, 0.2) is 35.3 Å². The molecule has 106 valence electrons. The molecule has 5 heteroatoms. The molecule has 0 aliphatic rings. The number of hydrogen-bond acceptors (Lipinski definition) is 3. The highest BCUT2D eigenvalue weighted by Gasteiger charge is 2.15. The molecule has 2 aromatic rings. The normalized spacial score (nSPS) is 12.3. The van der Waals surface area contributed by atoms with Crippen LogP contribution in [0.4, 0.5) is 0 Å². The van der Waals surface area contributed by atoms with E-state index in [0.29, 0.717) is 22.9 Å². The van der Waals surface area contributed by atoms with Gasteiger partial charge in [-0.1, -0.05) is 25.1 Å². The molecule has 2 N–H and O–H groups in total. The van der Waals surface area contributed by atoms with E-state index >= 15 is 0 Å². The summed E-state index contributed by atoms with van der Waals surface area (Å²) in [6.45, 7) is 2.44. The van der Waals surface area contributed by atoms with Crippen molar-refractivity contribution in [1.29, 1.82) is 0 Å². The van der Waals surface area contributed by atoms with Crippen LogP contribution in [0.5, 0.6) is 0 Å². The number of ether oxygens (including phenoxy) is 1. The summed E-state index contributed by atoms with van der Waals surface area (Å²) in [5, 5.41) is 4.08. The molecule has 20 heavy (non-hydrogen) atoms. The number of carbonyl (C=O) groups is 1. The lowest BCUT2D eigenvalue weighted by Crippen LogP contribution is -2.37. The van der Waals surface area contributed by atoms with Gasteiger partial charge in [0.1, 0.15) is 0 Å². The minimum atomic E-state index is -0.207. The van der Waals surface area contributed by atoms with Gasteiger partial charge in [0.25, 0.3) is 11.5 Å². The van der Waals surface area contributed by atoms with Crippen LogP contribution in [0.2, 0.25) is 0 Å². The molecular formula is C15H18N2O3. The van der Waals surface area contributed by atoms with Crippen molar-refractivity contribution in [2.24, 2.45) is 0 Å². The molecule has 0 bridgehead atoms. The van der Waals surface area contributed by atoms with Gasteiger partial charge in [0, 0.05) is 24.1 Å². The largest absolute Gasteiger partial charge is 0.383 e. The second-order valence-electron chi connectivity index (χ2n) is 4.61. The summed E-state index contributed by atoms with van der Waals surface area (Å²) in [6.07, 6.45) is 2.24. The van der Waals surface area contributed by atoms with Crippen LogP contribution in [0.25, 0.3) is 10.8 Å². The Hall–Kier alpha value is -2.14. The fraction of sp³-hybridized carbons (Fsp3) is 0.333. The summed E-state index contributed by atoms with van der Waals surface area (Å²) in [5.74, 6) is -0.207. The van der Waals surface area contributed by atoms with E-state index in [-0.39, 0.29) is 17.5 Å². The molecular weight excluding hydrogens is 256 g/mol. The minimum Gasteiger partial charge on any atom is -0.383 e. The number of H-pyrrole nitrogens is 1. The van der Waals surface area contributed by atoms with Crippen molar-refractivity contribution in [2.75, 3.05) is 13.7 Å². The van der Waals surface area contributed by atoms with Gasteiger partial charge in [-0.3, -0.25) is 9.59 Å². The number of pyridine rings is 1. The maximum Gasteiger partial charge on any atom is 0.255 e. The van der Waals surface area contributed by atoms with Crippen molar-refractivity contribution in [3.63, 3.8) is 0 Å². The van der Waals surface area contributed by atoms with Gasteiger partial charge in [-0.15, -0.1) is 0 Å². The van der Waals surface area contributed by atoms with Crippen LogP contribution in [0.1, 0.15) is 23.7 Å². The highest BCUT2D eigenvalue weighted by atomic mass is 16.5. The Morgan fingerprint density at radius 3 is 2.70 bits per heavy atom. The van der Waals surface area contributed by atoms with E-state index in [1.165, 1.54) is 6.20 Å². The second kappa shape index (κ2) is 6.34. The van der Waals surface area contributed by atoms with Gasteiger partial charge in [-0.2, -0.15) is 0 Å². The lowest BCUT2D eigenvalue weighted by atomic mass is 10.1. The third-order valence-corrected chi connectivity index (χ3v) is 3.25. The summed E-state index contributed by atoms with van der Waals surface area (Å²) >= 11 is 0. The molecule has 2 rings (SSSR count). The number of aromatic nitrogens is 1. The van der Waals surface area contributed by atoms with Gasteiger partial charge in [-0.25, -0.2) is 0 Å². The molecule has 1 heterocycles. The highest BCUT2D eigenvalue weighted by molar-refractivity contribution is 6.06. The number of amides is 1. The summed E-state index contributed by atoms with van der Waals surface area (Å²) in [6, 6.07) is 7.02. The summed E-state index contributed by atoms with van der Waals surface area (Å²) < 4.78 is 5.07. The fourth-order valence-corrected chi connectivity index (χ4v) is 2.12. The average molecular weight is 274 g/mol. The molecule has 1 amide bonds. The third-order valence-electron chi connectivity index (χ3n) is 3.25. The summed E-state index contributed by atoms with van der Waals surface area (Å²) in [4.78, 5) is 26.7. The molecule has 0 radical (unpaired) electrons. The van der Waals surface area contributed by atoms with Gasteiger partial charge in [0.2, 0.25) is 0 Å². The maximum atomic E-state index is 12.3. The van der Waals surface area contributed by atoms with E-state index in [0.717, 1.165) is 6.42 Å². The standard InChI is InChI=1S/C15H18N2O3/c1-3-10(9-20-2)17-15(19)13-8-16-14(18)12-7-5-4-6-11(12)13/h4-8,10H,3,9H2,1-2H3,(H,16,18)(H,17,19). The predicted octanol–water partition coefficient (Wildman–Crippen LogP) is 1.68. The second-order valence-corrected chi connectivity index (χ2v) is 4.61. The predicted molar refractivity (Wildman–Crippen MR) is 78.0 cm³/mol. The van der Waals surface area contributed by atoms with Crippen LogP contribution < -0.4 is 10.9 Å². The number of carbonyl (C=O) groups excluding carboxylic acids is 1. The molecule has 5 nitrogen and oxygen atoms in total. The Morgan fingerprint density at radius 2 is 2.05 bits per heavy atom. The maximum absolute atomic E-state index is 12.3. The summed E-state index contributed by atoms with van der Waals surface area (Å²) in [7, 11) is 1.60. The monoisotopic (exact) mass is 274 g/mol. The van der Waals surface area contributed by atoms with Gasteiger partial charge in [-0.05, 0) is 12.5 Å². The Balaban J connectivity index is 2.35. The Morgan fingerprint density at radius 1 is 1.35 bits per heavy atom. The van der Waals surface area contributed by atoms with Gasteiger partial charge in [0.05, 0.1) is 18.2 Å². The van der Waals surface area contributed by atoms with Crippen molar-refractivity contribution in [1.82, 2.24) is 10.3 Å². The Bertz CT molecular complexity index is 663. The van der Waals surface area contributed by atoms with E-state index in [1.807, 2.05) is 13.0 Å². The van der Waals surface area contributed by atoms with Crippen molar-refractivity contribution in [3.8, 4) is 0 Å². The lowest BCUT2D eigenvalue weighted by Gasteiger charge is -2.16. The molecule has 1 atom stereocenters. The first-order valence-corrected chi connectivity index (χ1v) is 6.57. The zero-order chi connectivity index (χ0) is 14.5. The van der Waals surface area contributed by atoms with E-state index in [2.05, 4.69) is 10.3 Å². The van der Waals surface area contributed by atoms with E-state index in [9.17, 15) is 9.59 Å². The molecule has 0 fully saturated rings. The first-order chi connectivity index (χ1) is 9.67. The smallest absolute Gasteiger partial charge is 0.255 e. The summed E-state index contributed by atoms with van der Waals surface area (Å²) in [5.41, 5.74) is 0.274. The van der Waals surface area contributed by atoms with E-state index < -0.39 is 0 Å². The molecule has 0 aliphatic heterocycles.